The molecule has 2 nitrogen and oxygen atoms in total. The summed E-state index contributed by atoms with van der Waals surface area (Å²) < 4.78 is 5.22. The highest BCUT2D eigenvalue weighted by Crippen LogP contribution is 2.13. The average molecular weight is 220 g/mol. The van der Waals surface area contributed by atoms with Crippen LogP contribution in [0.2, 0.25) is 0 Å². The van der Waals surface area contributed by atoms with Crippen molar-refractivity contribution in [1.29, 1.82) is 0 Å². The fourth-order valence-corrected chi connectivity index (χ4v) is 1.74. The van der Waals surface area contributed by atoms with Crippen LogP contribution in [0.5, 0.6) is 0 Å². The summed E-state index contributed by atoms with van der Waals surface area (Å²) in [6.07, 6.45) is 1.38. The summed E-state index contributed by atoms with van der Waals surface area (Å²) in [7, 11) is 0. The van der Waals surface area contributed by atoms with Crippen LogP contribution >= 0.6 is 0 Å². The van der Waals surface area contributed by atoms with Gasteiger partial charge in [-0.25, -0.2) is 0 Å². The third-order valence-electron chi connectivity index (χ3n) is 2.58. The minimum Gasteiger partial charge on any atom is -0.382 e. The number of Topliss-reactive ketones (excluding diaryl/α,β-unsaturated/α-hetero) is 1. The lowest BCUT2D eigenvalue weighted by Crippen LogP contribution is -2.04. The van der Waals surface area contributed by atoms with Gasteiger partial charge in [0.05, 0.1) is 0 Å². The van der Waals surface area contributed by atoms with Crippen molar-refractivity contribution in [1.82, 2.24) is 0 Å². The van der Waals surface area contributed by atoms with E-state index < -0.39 is 0 Å². The van der Waals surface area contributed by atoms with E-state index in [1.807, 2.05) is 32.9 Å². The Kier molecular flexibility index (Phi) is 5.20. The van der Waals surface area contributed by atoms with E-state index in [0.29, 0.717) is 13.0 Å². The maximum atomic E-state index is 11.9. The number of ether oxygens (including phenoxy) is 1. The molecule has 0 N–H and O–H groups in total. The van der Waals surface area contributed by atoms with Crippen LogP contribution < -0.4 is 0 Å². The maximum Gasteiger partial charge on any atom is 0.163 e. The molecule has 0 unspecified atom stereocenters. The van der Waals surface area contributed by atoms with E-state index in [-0.39, 0.29) is 5.78 Å². The second-order valence-corrected chi connectivity index (χ2v) is 4.04. The van der Waals surface area contributed by atoms with Crippen LogP contribution in [0, 0.1) is 13.8 Å². The highest BCUT2D eigenvalue weighted by Gasteiger charge is 2.08. The Hall–Kier alpha value is -1.15. The quantitative estimate of drug-likeness (QED) is 0.543. The first kappa shape index (κ1) is 12.9. The van der Waals surface area contributed by atoms with E-state index in [4.69, 9.17) is 4.74 Å². The molecule has 0 atom stereocenters. The van der Waals surface area contributed by atoms with Crippen molar-refractivity contribution < 1.29 is 9.53 Å². The first-order valence-electron chi connectivity index (χ1n) is 5.83. The summed E-state index contributed by atoms with van der Waals surface area (Å²) in [5.41, 5.74) is 3.12. The van der Waals surface area contributed by atoms with Crippen molar-refractivity contribution in [3.05, 3.63) is 34.9 Å². The molecule has 0 saturated heterocycles. The zero-order valence-electron chi connectivity index (χ0n) is 10.4. The molecule has 0 fully saturated rings. The van der Waals surface area contributed by atoms with Gasteiger partial charge in [-0.15, -0.1) is 0 Å². The second kappa shape index (κ2) is 6.44. The van der Waals surface area contributed by atoms with Crippen molar-refractivity contribution >= 4 is 5.78 Å². The van der Waals surface area contributed by atoms with Crippen molar-refractivity contribution in [2.75, 3.05) is 13.2 Å². The number of carbonyl (C=O) groups is 1. The Morgan fingerprint density at radius 1 is 1.31 bits per heavy atom. The predicted octanol–water partition coefficient (Wildman–Crippen LogP) is 3.30. The number of benzene rings is 1. The van der Waals surface area contributed by atoms with Crippen LogP contribution in [-0.4, -0.2) is 19.0 Å². The molecule has 0 saturated carbocycles. The van der Waals surface area contributed by atoms with Crippen LogP contribution in [0.4, 0.5) is 0 Å². The topological polar surface area (TPSA) is 26.3 Å². The van der Waals surface area contributed by atoms with Gasteiger partial charge >= 0.3 is 0 Å². The van der Waals surface area contributed by atoms with Crippen LogP contribution in [0.3, 0.4) is 0 Å². The van der Waals surface area contributed by atoms with Gasteiger partial charge in [0.15, 0.2) is 5.78 Å². The first-order chi connectivity index (χ1) is 7.65. The fourth-order valence-electron chi connectivity index (χ4n) is 1.74. The lowest BCUT2D eigenvalue weighted by atomic mass is 10.00. The zero-order chi connectivity index (χ0) is 12.0. The maximum absolute atomic E-state index is 11.9. The molecule has 0 bridgehead atoms. The van der Waals surface area contributed by atoms with E-state index in [0.717, 1.165) is 24.2 Å². The van der Waals surface area contributed by atoms with Gasteiger partial charge in [0.2, 0.25) is 0 Å². The van der Waals surface area contributed by atoms with Crippen LogP contribution in [0.25, 0.3) is 0 Å². The first-order valence-corrected chi connectivity index (χ1v) is 5.83. The molecular formula is C14H20O2. The molecule has 0 amide bonds. The number of carbonyl (C=O) groups excluding carboxylic acids is 1. The highest BCUT2D eigenvalue weighted by molar-refractivity contribution is 5.97. The van der Waals surface area contributed by atoms with E-state index in [1.54, 1.807) is 0 Å². The van der Waals surface area contributed by atoms with E-state index in [1.165, 1.54) is 5.56 Å². The smallest absolute Gasteiger partial charge is 0.163 e. The number of aryl methyl sites for hydroxylation is 2. The number of ketones is 1. The third-order valence-corrected chi connectivity index (χ3v) is 2.58. The molecule has 0 aliphatic rings. The van der Waals surface area contributed by atoms with Crippen molar-refractivity contribution in [3.8, 4) is 0 Å². The summed E-state index contributed by atoms with van der Waals surface area (Å²) in [4.78, 5) is 11.9. The number of hydrogen-bond acceptors (Lipinski definition) is 2. The molecular weight excluding hydrogens is 200 g/mol. The highest BCUT2D eigenvalue weighted by atomic mass is 16.5. The van der Waals surface area contributed by atoms with Crippen molar-refractivity contribution in [2.45, 2.75) is 33.6 Å². The van der Waals surface area contributed by atoms with Crippen LogP contribution in [0.1, 0.15) is 41.3 Å². The molecule has 1 aromatic carbocycles. The van der Waals surface area contributed by atoms with Crippen LogP contribution in [0.15, 0.2) is 18.2 Å². The van der Waals surface area contributed by atoms with Gasteiger partial charge in [0, 0.05) is 25.2 Å². The van der Waals surface area contributed by atoms with E-state index >= 15 is 0 Å². The number of hydrogen-bond donors (Lipinski definition) is 0. The van der Waals surface area contributed by atoms with Crippen molar-refractivity contribution in [3.63, 3.8) is 0 Å². The molecule has 2 heteroatoms. The molecule has 0 aromatic heterocycles. The predicted molar refractivity (Wildman–Crippen MR) is 66.0 cm³/mol. The monoisotopic (exact) mass is 220 g/mol. The summed E-state index contributed by atoms with van der Waals surface area (Å²) in [6, 6.07) is 5.96. The number of rotatable bonds is 6. The summed E-state index contributed by atoms with van der Waals surface area (Å²) in [6.45, 7) is 7.38. The zero-order valence-corrected chi connectivity index (χ0v) is 10.4. The minimum atomic E-state index is 0.220. The Morgan fingerprint density at radius 3 is 2.69 bits per heavy atom. The van der Waals surface area contributed by atoms with Gasteiger partial charge in [0.25, 0.3) is 0 Å². The standard InChI is InChI=1S/C14H20O2/c1-4-16-9-5-6-14(15)13-8-7-11(2)10-12(13)3/h7-8,10H,4-6,9H2,1-3H3. The SMILES string of the molecule is CCOCCCC(=O)c1ccc(C)cc1C. The van der Waals surface area contributed by atoms with Gasteiger partial charge in [-0.05, 0) is 32.8 Å². The Balaban J connectivity index is 2.53. The summed E-state index contributed by atoms with van der Waals surface area (Å²) in [5.74, 6) is 0.220. The lowest BCUT2D eigenvalue weighted by molar-refractivity contribution is 0.0946. The molecule has 88 valence electrons. The largest absolute Gasteiger partial charge is 0.382 e. The molecule has 0 spiro atoms. The fraction of sp³-hybridized carbons (Fsp3) is 0.500. The van der Waals surface area contributed by atoms with Gasteiger partial charge in [-0.1, -0.05) is 23.8 Å². The van der Waals surface area contributed by atoms with Gasteiger partial charge in [0.1, 0.15) is 0 Å². The molecule has 1 rings (SSSR count). The van der Waals surface area contributed by atoms with Gasteiger partial charge < -0.3 is 4.74 Å². The lowest BCUT2D eigenvalue weighted by Gasteiger charge is -2.06. The average Bonchev–Trinajstić information content (AvgIpc) is 2.24. The second-order valence-electron chi connectivity index (χ2n) is 4.04. The van der Waals surface area contributed by atoms with Gasteiger partial charge in [-0.2, -0.15) is 0 Å². The normalized spacial score (nSPS) is 10.4. The third kappa shape index (κ3) is 3.78. The molecule has 0 aliphatic heterocycles. The summed E-state index contributed by atoms with van der Waals surface area (Å²) in [5, 5.41) is 0. The van der Waals surface area contributed by atoms with Gasteiger partial charge in [-0.3, -0.25) is 4.79 Å². The van der Waals surface area contributed by atoms with Crippen LogP contribution in [-0.2, 0) is 4.74 Å². The minimum absolute atomic E-state index is 0.220. The molecule has 0 aliphatic carbocycles. The molecule has 0 heterocycles. The molecule has 0 radical (unpaired) electrons. The Bertz CT molecular complexity index is 356. The molecule has 1 aromatic rings. The van der Waals surface area contributed by atoms with E-state index in [9.17, 15) is 4.79 Å². The summed E-state index contributed by atoms with van der Waals surface area (Å²) >= 11 is 0. The van der Waals surface area contributed by atoms with E-state index in [2.05, 4.69) is 6.07 Å². The Morgan fingerprint density at radius 2 is 2.06 bits per heavy atom. The molecule has 16 heavy (non-hydrogen) atoms. The van der Waals surface area contributed by atoms with Crippen molar-refractivity contribution in [2.24, 2.45) is 0 Å². The Labute approximate surface area is 97.6 Å².